The molecule has 2 N–H and O–H groups in total. The molecule has 29 heavy (non-hydrogen) atoms. The van der Waals surface area contributed by atoms with Gasteiger partial charge >= 0.3 is 5.97 Å². The van der Waals surface area contributed by atoms with Crippen molar-refractivity contribution in [2.75, 3.05) is 5.32 Å². The predicted molar refractivity (Wildman–Crippen MR) is 108 cm³/mol. The highest BCUT2D eigenvalue weighted by molar-refractivity contribution is 7.12. The molecule has 2 rings (SSSR count). The Morgan fingerprint density at radius 1 is 1.10 bits per heavy atom. The van der Waals surface area contributed by atoms with E-state index in [4.69, 9.17) is 4.74 Å². The molecule has 0 spiro atoms. The zero-order valence-corrected chi connectivity index (χ0v) is 16.9. The number of carbonyl (C=O) groups is 3. The molecule has 0 fully saturated rings. The zero-order chi connectivity index (χ0) is 21.6. The number of hydrogen-bond donors (Lipinski definition) is 2. The molecule has 0 aliphatic heterocycles. The molecule has 2 amide bonds. The van der Waals surface area contributed by atoms with E-state index in [1.165, 1.54) is 42.5 Å². The summed E-state index contributed by atoms with van der Waals surface area (Å²) in [5.41, 5.74) is -0.278. The van der Waals surface area contributed by atoms with Gasteiger partial charge in [-0.25, -0.2) is 4.79 Å². The smallest absolute Gasteiger partial charge is 0.329 e. The number of amides is 2. The standard InChI is InChI=1S/C19H21N3O6S/c1-11(2)16(21-18(24)15-9-6-10-29-15)19(25)28-12(3)17(23)20-13-7-4-5-8-14(13)22(26)27/h4-12,16H,1-3H3,(H,20,23)(H,21,24)/t12-,16-/m1/s1. The van der Waals surface area contributed by atoms with Gasteiger partial charge in [-0.3, -0.25) is 19.7 Å². The molecule has 1 heterocycles. The van der Waals surface area contributed by atoms with E-state index in [2.05, 4.69) is 10.6 Å². The number of carbonyl (C=O) groups excluding carboxylic acids is 3. The maximum Gasteiger partial charge on any atom is 0.329 e. The molecule has 2 aromatic rings. The molecular formula is C19H21N3O6S. The zero-order valence-electron chi connectivity index (χ0n) is 16.1. The van der Waals surface area contributed by atoms with Gasteiger partial charge in [-0.05, 0) is 30.4 Å². The van der Waals surface area contributed by atoms with Crippen LogP contribution < -0.4 is 10.6 Å². The lowest BCUT2D eigenvalue weighted by molar-refractivity contribution is -0.383. The number of esters is 1. The Balaban J connectivity index is 2.02. The van der Waals surface area contributed by atoms with Crippen LogP contribution >= 0.6 is 11.3 Å². The van der Waals surface area contributed by atoms with Gasteiger partial charge in [0, 0.05) is 6.07 Å². The van der Waals surface area contributed by atoms with Crippen LogP contribution in [0.15, 0.2) is 41.8 Å². The molecule has 0 aliphatic rings. The molecular weight excluding hydrogens is 398 g/mol. The number of hydrogen-bond acceptors (Lipinski definition) is 7. The number of nitrogens with zero attached hydrogens (tertiary/aromatic N) is 1. The number of benzene rings is 1. The van der Waals surface area contributed by atoms with Gasteiger partial charge in [-0.1, -0.05) is 32.0 Å². The number of nitrogens with one attached hydrogen (secondary N) is 2. The van der Waals surface area contributed by atoms with Gasteiger partial charge in [0.15, 0.2) is 6.10 Å². The summed E-state index contributed by atoms with van der Waals surface area (Å²) >= 11 is 1.24. The molecule has 10 heteroatoms. The van der Waals surface area contributed by atoms with E-state index >= 15 is 0 Å². The van der Waals surface area contributed by atoms with Crippen LogP contribution in [0.25, 0.3) is 0 Å². The third kappa shape index (κ3) is 5.85. The highest BCUT2D eigenvalue weighted by Crippen LogP contribution is 2.23. The SMILES string of the molecule is CC(C)[C@@H](NC(=O)c1cccs1)C(=O)O[C@H](C)C(=O)Nc1ccccc1[N+](=O)[O-]. The molecule has 2 atom stereocenters. The van der Waals surface area contributed by atoms with Crippen molar-refractivity contribution >= 4 is 40.5 Å². The predicted octanol–water partition coefficient (Wildman–Crippen LogP) is 2.98. The van der Waals surface area contributed by atoms with Crippen LogP contribution in [0.3, 0.4) is 0 Å². The minimum absolute atomic E-state index is 0.00296. The lowest BCUT2D eigenvalue weighted by Crippen LogP contribution is -2.47. The van der Waals surface area contributed by atoms with Gasteiger partial charge < -0.3 is 15.4 Å². The van der Waals surface area contributed by atoms with E-state index in [-0.39, 0.29) is 17.3 Å². The molecule has 0 bridgehead atoms. The van der Waals surface area contributed by atoms with E-state index < -0.39 is 34.9 Å². The van der Waals surface area contributed by atoms with Crippen molar-refractivity contribution in [2.45, 2.75) is 32.9 Å². The van der Waals surface area contributed by atoms with Crippen LogP contribution in [0.2, 0.25) is 0 Å². The van der Waals surface area contributed by atoms with Crippen molar-refractivity contribution in [2.24, 2.45) is 5.92 Å². The van der Waals surface area contributed by atoms with Crippen LogP contribution in [0.5, 0.6) is 0 Å². The first-order valence-electron chi connectivity index (χ1n) is 8.79. The Kier molecular flexibility index (Phi) is 7.43. The second kappa shape index (κ2) is 9.78. The van der Waals surface area contributed by atoms with Crippen LogP contribution in [0.1, 0.15) is 30.4 Å². The molecule has 0 radical (unpaired) electrons. The number of nitro benzene ring substituents is 1. The monoisotopic (exact) mass is 419 g/mol. The van der Waals surface area contributed by atoms with Crippen LogP contribution in [0.4, 0.5) is 11.4 Å². The average Bonchev–Trinajstić information content (AvgIpc) is 3.20. The van der Waals surface area contributed by atoms with E-state index in [0.717, 1.165) is 0 Å². The van der Waals surface area contributed by atoms with Crippen molar-refractivity contribution in [3.63, 3.8) is 0 Å². The lowest BCUT2D eigenvalue weighted by atomic mass is 10.0. The number of nitro groups is 1. The summed E-state index contributed by atoms with van der Waals surface area (Å²) in [7, 11) is 0. The normalized spacial score (nSPS) is 12.7. The molecule has 0 unspecified atom stereocenters. The molecule has 9 nitrogen and oxygen atoms in total. The first kappa shape index (κ1) is 22.0. The summed E-state index contributed by atoms with van der Waals surface area (Å²) in [6.45, 7) is 4.82. The molecule has 1 aromatic heterocycles. The summed E-state index contributed by atoms with van der Waals surface area (Å²) in [4.78, 5) is 47.9. The van der Waals surface area contributed by atoms with E-state index in [1.54, 1.807) is 31.4 Å². The quantitative estimate of drug-likeness (QED) is 0.385. The van der Waals surface area contributed by atoms with E-state index in [9.17, 15) is 24.5 Å². The second-order valence-corrected chi connectivity index (χ2v) is 7.46. The van der Waals surface area contributed by atoms with Gasteiger partial charge in [0.05, 0.1) is 9.80 Å². The van der Waals surface area contributed by atoms with Crippen LogP contribution in [-0.2, 0) is 14.3 Å². The maximum absolute atomic E-state index is 12.5. The molecule has 0 aliphatic carbocycles. The fraction of sp³-hybridized carbons (Fsp3) is 0.316. The van der Waals surface area contributed by atoms with Crippen molar-refractivity contribution in [1.29, 1.82) is 0 Å². The van der Waals surface area contributed by atoms with Crippen molar-refractivity contribution in [1.82, 2.24) is 5.32 Å². The van der Waals surface area contributed by atoms with Crippen LogP contribution in [0, 0.1) is 16.0 Å². The molecule has 0 saturated heterocycles. The first-order valence-corrected chi connectivity index (χ1v) is 9.67. The minimum Gasteiger partial charge on any atom is -0.451 e. The summed E-state index contributed by atoms with van der Waals surface area (Å²) in [5, 5.41) is 17.8. The van der Waals surface area contributed by atoms with Crippen molar-refractivity contribution in [3.05, 3.63) is 56.8 Å². The Morgan fingerprint density at radius 2 is 1.79 bits per heavy atom. The third-order valence-electron chi connectivity index (χ3n) is 3.97. The van der Waals surface area contributed by atoms with Crippen molar-refractivity contribution < 1.29 is 24.0 Å². The van der Waals surface area contributed by atoms with E-state index in [1.807, 2.05) is 0 Å². The first-order chi connectivity index (χ1) is 13.7. The Labute approximate surface area is 171 Å². The third-order valence-corrected chi connectivity index (χ3v) is 4.84. The largest absolute Gasteiger partial charge is 0.451 e. The molecule has 154 valence electrons. The summed E-state index contributed by atoms with van der Waals surface area (Å²) in [6, 6.07) is 8.04. The van der Waals surface area contributed by atoms with Gasteiger partial charge in [-0.2, -0.15) is 0 Å². The Morgan fingerprint density at radius 3 is 2.38 bits per heavy atom. The van der Waals surface area contributed by atoms with E-state index in [0.29, 0.717) is 4.88 Å². The summed E-state index contributed by atoms with van der Waals surface area (Å²) in [6.07, 6.45) is -1.22. The highest BCUT2D eigenvalue weighted by atomic mass is 32.1. The second-order valence-electron chi connectivity index (χ2n) is 6.52. The summed E-state index contributed by atoms with van der Waals surface area (Å²) in [5.74, 6) is -2.18. The number of anilines is 1. The van der Waals surface area contributed by atoms with Gasteiger partial charge in [0.25, 0.3) is 17.5 Å². The van der Waals surface area contributed by atoms with Gasteiger partial charge in [0.1, 0.15) is 11.7 Å². The van der Waals surface area contributed by atoms with Gasteiger partial charge in [-0.15, -0.1) is 11.3 Å². The summed E-state index contributed by atoms with van der Waals surface area (Å²) < 4.78 is 5.19. The minimum atomic E-state index is -1.22. The topological polar surface area (TPSA) is 128 Å². The van der Waals surface area contributed by atoms with Crippen molar-refractivity contribution in [3.8, 4) is 0 Å². The van der Waals surface area contributed by atoms with Gasteiger partial charge in [0.2, 0.25) is 0 Å². The number of rotatable bonds is 8. The number of para-hydroxylation sites is 2. The number of ether oxygens (including phenoxy) is 1. The fourth-order valence-corrected chi connectivity index (χ4v) is 3.02. The highest BCUT2D eigenvalue weighted by Gasteiger charge is 2.30. The Bertz CT molecular complexity index is 897. The molecule has 1 aromatic carbocycles. The lowest BCUT2D eigenvalue weighted by Gasteiger charge is -2.22. The number of thiophene rings is 1. The maximum atomic E-state index is 12.5. The average molecular weight is 419 g/mol. The fourth-order valence-electron chi connectivity index (χ4n) is 2.39. The Hall–Kier alpha value is -3.27. The molecule has 0 saturated carbocycles. The van der Waals surface area contributed by atoms with Crippen LogP contribution in [-0.4, -0.2) is 34.9 Å².